The number of H-pyrrole nitrogens is 1. The Bertz CT molecular complexity index is 338. The third-order valence-corrected chi connectivity index (χ3v) is 1.95. The molecule has 0 spiro atoms. The molecule has 0 saturated carbocycles. The molecule has 0 fully saturated rings. The van der Waals surface area contributed by atoms with Gasteiger partial charge in [0.05, 0.1) is 6.20 Å². The van der Waals surface area contributed by atoms with Gasteiger partial charge >= 0.3 is 5.97 Å². The number of carbonyl (C=O) groups is 1. The van der Waals surface area contributed by atoms with Crippen molar-refractivity contribution in [1.82, 2.24) is 10.2 Å². The number of hydrogen-bond donors (Lipinski definition) is 3. The second-order valence-electron chi connectivity index (χ2n) is 4.19. The van der Waals surface area contributed by atoms with E-state index in [-0.39, 0.29) is 5.41 Å². The zero-order valence-electron chi connectivity index (χ0n) is 8.40. The lowest BCUT2D eigenvalue weighted by molar-refractivity contribution is -0.147. The molecule has 1 unspecified atom stereocenters. The van der Waals surface area contributed by atoms with Crippen LogP contribution < -0.4 is 0 Å². The van der Waals surface area contributed by atoms with Crippen LogP contribution in [0.4, 0.5) is 0 Å². The molecule has 0 radical (unpaired) electrons. The Morgan fingerprint density at radius 2 is 2.14 bits per heavy atom. The summed E-state index contributed by atoms with van der Waals surface area (Å²) in [7, 11) is 0. The summed E-state index contributed by atoms with van der Waals surface area (Å²) >= 11 is 0. The van der Waals surface area contributed by atoms with E-state index in [9.17, 15) is 9.90 Å². The monoisotopic (exact) mass is 198 g/mol. The van der Waals surface area contributed by atoms with Crippen molar-refractivity contribution in [1.29, 1.82) is 0 Å². The lowest BCUT2D eigenvalue weighted by Crippen LogP contribution is -2.19. The Kier molecular flexibility index (Phi) is 2.62. The van der Waals surface area contributed by atoms with Crippen LogP contribution in [0.15, 0.2) is 6.20 Å². The maximum atomic E-state index is 10.6. The van der Waals surface area contributed by atoms with Crippen molar-refractivity contribution in [3.8, 4) is 0 Å². The minimum Gasteiger partial charge on any atom is -0.479 e. The van der Waals surface area contributed by atoms with Crippen molar-refractivity contribution in [2.45, 2.75) is 32.3 Å². The van der Waals surface area contributed by atoms with E-state index in [2.05, 4.69) is 10.2 Å². The number of hydrogen-bond acceptors (Lipinski definition) is 3. The van der Waals surface area contributed by atoms with Crippen molar-refractivity contribution >= 4 is 5.97 Å². The van der Waals surface area contributed by atoms with E-state index in [1.54, 1.807) is 0 Å². The van der Waals surface area contributed by atoms with Gasteiger partial charge in [-0.2, -0.15) is 5.10 Å². The average molecular weight is 198 g/mol. The van der Waals surface area contributed by atoms with Crippen molar-refractivity contribution in [3.05, 3.63) is 17.5 Å². The van der Waals surface area contributed by atoms with E-state index in [1.165, 1.54) is 6.20 Å². The molecule has 1 aromatic rings. The molecule has 1 heterocycles. The first kappa shape index (κ1) is 10.7. The van der Waals surface area contributed by atoms with Crippen LogP contribution in [0.3, 0.4) is 0 Å². The molecule has 0 aliphatic heterocycles. The summed E-state index contributed by atoms with van der Waals surface area (Å²) in [6.07, 6.45) is -0.165. The normalized spacial score (nSPS) is 14.0. The number of carboxylic acids is 1. The largest absolute Gasteiger partial charge is 0.479 e. The molecule has 1 aromatic heterocycles. The molecule has 0 aliphatic rings. The lowest BCUT2D eigenvalue weighted by Gasteiger charge is -2.19. The molecule has 5 nitrogen and oxygen atoms in total. The van der Waals surface area contributed by atoms with Gasteiger partial charge in [-0.1, -0.05) is 20.8 Å². The number of carboxylic acid groups (broad SMARTS) is 1. The highest BCUT2D eigenvalue weighted by molar-refractivity contribution is 5.74. The number of aromatic amines is 1. The van der Waals surface area contributed by atoms with Crippen LogP contribution >= 0.6 is 0 Å². The van der Waals surface area contributed by atoms with Gasteiger partial charge in [0.1, 0.15) is 0 Å². The van der Waals surface area contributed by atoms with Crippen molar-refractivity contribution in [3.63, 3.8) is 0 Å². The van der Waals surface area contributed by atoms with E-state index in [1.807, 2.05) is 20.8 Å². The maximum Gasteiger partial charge on any atom is 0.337 e. The zero-order chi connectivity index (χ0) is 10.9. The Hall–Kier alpha value is -1.36. The van der Waals surface area contributed by atoms with E-state index in [4.69, 9.17) is 5.11 Å². The van der Waals surface area contributed by atoms with Crippen LogP contribution in [0.5, 0.6) is 0 Å². The minimum absolute atomic E-state index is 0.262. The Morgan fingerprint density at radius 1 is 1.57 bits per heavy atom. The topological polar surface area (TPSA) is 86.2 Å². The average Bonchev–Trinajstić information content (AvgIpc) is 2.48. The summed E-state index contributed by atoms with van der Waals surface area (Å²) in [5, 5.41) is 24.5. The van der Waals surface area contributed by atoms with E-state index < -0.39 is 12.1 Å². The number of aliphatic carboxylic acids is 1. The first-order chi connectivity index (χ1) is 6.34. The van der Waals surface area contributed by atoms with Crippen molar-refractivity contribution < 1.29 is 15.0 Å². The molecule has 0 saturated heterocycles. The van der Waals surface area contributed by atoms with Gasteiger partial charge < -0.3 is 10.2 Å². The molecule has 1 atom stereocenters. The standard InChI is InChI=1S/C9H14N2O3/c1-9(2,3)7-5(4-10-11-7)6(12)8(13)14/h4,6,12H,1-3H3,(H,10,11)(H,13,14). The Morgan fingerprint density at radius 3 is 2.57 bits per heavy atom. The Labute approximate surface area is 81.8 Å². The number of aliphatic hydroxyl groups is 1. The molecule has 78 valence electrons. The highest BCUT2D eigenvalue weighted by Crippen LogP contribution is 2.27. The molecule has 1 rings (SSSR count). The molecule has 5 heteroatoms. The summed E-state index contributed by atoms with van der Waals surface area (Å²) in [5.74, 6) is -1.27. The van der Waals surface area contributed by atoms with Gasteiger partial charge in [-0.25, -0.2) is 4.79 Å². The summed E-state index contributed by atoms with van der Waals surface area (Å²) in [5.41, 5.74) is 0.708. The number of nitrogens with zero attached hydrogens (tertiary/aromatic N) is 1. The predicted octanol–water partition coefficient (Wildman–Crippen LogP) is 0.825. The number of aromatic nitrogens is 2. The summed E-state index contributed by atoms with van der Waals surface area (Å²) in [6, 6.07) is 0. The molecule has 0 aromatic carbocycles. The third kappa shape index (κ3) is 1.93. The fourth-order valence-corrected chi connectivity index (χ4v) is 1.24. The molecular formula is C9H14N2O3. The highest BCUT2D eigenvalue weighted by Gasteiger charge is 2.27. The fourth-order valence-electron chi connectivity index (χ4n) is 1.24. The predicted molar refractivity (Wildman–Crippen MR) is 49.9 cm³/mol. The summed E-state index contributed by atoms with van der Waals surface area (Å²) in [6.45, 7) is 5.75. The number of nitrogens with one attached hydrogen (secondary N) is 1. The third-order valence-electron chi connectivity index (χ3n) is 1.95. The van der Waals surface area contributed by atoms with Gasteiger partial charge in [-0.15, -0.1) is 0 Å². The van der Waals surface area contributed by atoms with Crippen LogP contribution in [-0.2, 0) is 10.2 Å². The SMILES string of the molecule is CC(C)(C)c1[nH]ncc1C(O)C(=O)O. The first-order valence-electron chi connectivity index (χ1n) is 4.28. The lowest BCUT2D eigenvalue weighted by atomic mass is 9.88. The number of rotatable bonds is 2. The van der Waals surface area contributed by atoms with Crippen molar-refractivity contribution in [2.24, 2.45) is 0 Å². The second kappa shape index (κ2) is 3.42. The minimum atomic E-state index is -1.51. The van der Waals surface area contributed by atoms with E-state index in [0.717, 1.165) is 0 Å². The molecular weight excluding hydrogens is 184 g/mol. The molecule has 0 amide bonds. The van der Waals surface area contributed by atoms with Crippen LogP contribution in [-0.4, -0.2) is 26.4 Å². The molecule has 14 heavy (non-hydrogen) atoms. The smallest absolute Gasteiger partial charge is 0.337 e. The van der Waals surface area contributed by atoms with Crippen LogP contribution in [0.1, 0.15) is 38.1 Å². The van der Waals surface area contributed by atoms with E-state index in [0.29, 0.717) is 11.3 Å². The van der Waals surface area contributed by atoms with Gasteiger partial charge in [-0.3, -0.25) is 5.10 Å². The van der Waals surface area contributed by atoms with Gasteiger partial charge in [0.25, 0.3) is 0 Å². The fraction of sp³-hybridized carbons (Fsp3) is 0.556. The summed E-state index contributed by atoms with van der Waals surface area (Å²) in [4.78, 5) is 10.6. The number of aliphatic hydroxyl groups excluding tert-OH is 1. The first-order valence-corrected chi connectivity index (χ1v) is 4.28. The van der Waals surface area contributed by atoms with Gasteiger partial charge in [0, 0.05) is 16.7 Å². The van der Waals surface area contributed by atoms with Crippen LogP contribution in [0.25, 0.3) is 0 Å². The molecule has 3 N–H and O–H groups in total. The van der Waals surface area contributed by atoms with E-state index >= 15 is 0 Å². The van der Waals surface area contributed by atoms with Crippen LogP contribution in [0, 0.1) is 0 Å². The highest BCUT2D eigenvalue weighted by atomic mass is 16.4. The summed E-state index contributed by atoms with van der Waals surface area (Å²) < 4.78 is 0. The quantitative estimate of drug-likeness (QED) is 0.656. The Balaban J connectivity index is 3.11. The van der Waals surface area contributed by atoms with Gasteiger partial charge in [0.2, 0.25) is 0 Å². The van der Waals surface area contributed by atoms with Crippen LogP contribution in [0.2, 0.25) is 0 Å². The van der Waals surface area contributed by atoms with Gasteiger partial charge in [0.15, 0.2) is 6.10 Å². The van der Waals surface area contributed by atoms with Gasteiger partial charge in [-0.05, 0) is 0 Å². The molecule has 0 aliphatic carbocycles. The van der Waals surface area contributed by atoms with Crippen molar-refractivity contribution in [2.75, 3.05) is 0 Å². The zero-order valence-corrected chi connectivity index (χ0v) is 8.40. The molecule has 0 bridgehead atoms. The second-order valence-corrected chi connectivity index (χ2v) is 4.19. The maximum absolute atomic E-state index is 10.6.